The third-order valence-electron chi connectivity index (χ3n) is 2.70. The number of nitrogens with zero attached hydrogens (tertiary/aromatic N) is 1. The van der Waals surface area contributed by atoms with Gasteiger partial charge in [-0.3, -0.25) is 4.79 Å². The van der Waals surface area contributed by atoms with E-state index in [2.05, 4.69) is 4.98 Å². The van der Waals surface area contributed by atoms with Crippen LogP contribution in [0.15, 0.2) is 30.5 Å². The lowest BCUT2D eigenvalue weighted by Gasteiger charge is -2.04. The van der Waals surface area contributed by atoms with Crippen molar-refractivity contribution >= 4 is 16.7 Å². The predicted molar refractivity (Wildman–Crippen MR) is 62.0 cm³/mol. The minimum absolute atomic E-state index is 0.0269. The molecule has 1 atom stereocenters. The molecule has 1 aromatic heterocycles. The molecule has 1 N–H and O–H groups in total. The number of carbonyl (C=O) groups excluding carboxylic acids is 1. The summed E-state index contributed by atoms with van der Waals surface area (Å²) in [5, 5.41) is 9.51. The molecule has 0 aliphatic carbocycles. The fourth-order valence-electron chi connectivity index (χ4n) is 1.77. The highest BCUT2D eigenvalue weighted by Gasteiger charge is 2.17. The second kappa shape index (κ2) is 4.19. The molecule has 2 aromatic rings. The molecule has 0 amide bonds. The summed E-state index contributed by atoms with van der Waals surface area (Å²) in [4.78, 5) is 15.1. The standard InChI is InChI=1S/C13H12N2O/c1-9(6-7-14)13(16)11-8-15-12-5-3-2-4-10(11)12/h2-5,8-9,15H,6H2,1H3/t9-/m1/s1. The molecular formula is C13H12N2O. The summed E-state index contributed by atoms with van der Waals surface area (Å²) in [5.74, 6) is -0.219. The van der Waals surface area contributed by atoms with E-state index in [-0.39, 0.29) is 18.1 Å². The van der Waals surface area contributed by atoms with E-state index in [0.29, 0.717) is 5.56 Å². The maximum Gasteiger partial charge on any atom is 0.168 e. The van der Waals surface area contributed by atoms with Gasteiger partial charge in [-0.25, -0.2) is 0 Å². The number of benzene rings is 1. The van der Waals surface area contributed by atoms with Gasteiger partial charge in [-0.1, -0.05) is 25.1 Å². The number of fused-ring (bicyclic) bond motifs is 1. The number of nitrogens with one attached hydrogen (secondary N) is 1. The van der Waals surface area contributed by atoms with Gasteiger partial charge in [-0.15, -0.1) is 0 Å². The van der Waals surface area contributed by atoms with Crippen molar-refractivity contribution in [2.75, 3.05) is 0 Å². The molecular weight excluding hydrogens is 200 g/mol. The van der Waals surface area contributed by atoms with Crippen LogP contribution in [0, 0.1) is 17.2 Å². The second-order valence-electron chi connectivity index (χ2n) is 3.88. The Balaban J connectivity index is 2.41. The fraction of sp³-hybridized carbons (Fsp3) is 0.231. The Kier molecular flexibility index (Phi) is 2.74. The molecule has 0 spiro atoms. The number of aromatic amines is 1. The SMILES string of the molecule is C[C@H](CC#N)C(=O)c1c[nH]c2ccccc12. The third-order valence-corrected chi connectivity index (χ3v) is 2.70. The quantitative estimate of drug-likeness (QED) is 0.795. The average Bonchev–Trinajstić information content (AvgIpc) is 2.72. The molecule has 0 fully saturated rings. The molecule has 0 saturated carbocycles. The van der Waals surface area contributed by atoms with Crippen molar-refractivity contribution in [1.82, 2.24) is 4.98 Å². The van der Waals surface area contributed by atoms with Gasteiger partial charge in [0.1, 0.15) is 0 Å². The first kappa shape index (κ1) is 10.4. The molecule has 0 aliphatic heterocycles. The lowest BCUT2D eigenvalue weighted by molar-refractivity contribution is 0.0933. The number of Topliss-reactive ketones (excluding diaryl/α,β-unsaturated/α-hetero) is 1. The highest BCUT2D eigenvalue weighted by molar-refractivity contribution is 6.08. The Morgan fingerprint density at radius 3 is 3.00 bits per heavy atom. The number of aromatic nitrogens is 1. The molecule has 16 heavy (non-hydrogen) atoms. The van der Waals surface area contributed by atoms with Crippen LogP contribution >= 0.6 is 0 Å². The van der Waals surface area contributed by atoms with Gasteiger partial charge >= 0.3 is 0 Å². The Hall–Kier alpha value is -2.08. The van der Waals surface area contributed by atoms with E-state index in [9.17, 15) is 4.79 Å². The molecule has 3 heteroatoms. The van der Waals surface area contributed by atoms with Gasteiger partial charge in [0.2, 0.25) is 0 Å². The van der Waals surface area contributed by atoms with Crippen molar-refractivity contribution in [2.45, 2.75) is 13.3 Å². The maximum absolute atomic E-state index is 12.0. The van der Waals surface area contributed by atoms with Crippen LogP contribution in [0.25, 0.3) is 10.9 Å². The van der Waals surface area contributed by atoms with Crippen LogP contribution < -0.4 is 0 Å². The summed E-state index contributed by atoms with van der Waals surface area (Å²) in [5.41, 5.74) is 1.63. The van der Waals surface area contributed by atoms with Crippen molar-refractivity contribution in [2.24, 2.45) is 5.92 Å². The molecule has 1 aromatic carbocycles. The van der Waals surface area contributed by atoms with Crippen LogP contribution in [0.1, 0.15) is 23.7 Å². The van der Waals surface area contributed by atoms with Gasteiger partial charge in [0, 0.05) is 35.0 Å². The first-order chi connectivity index (χ1) is 7.74. The molecule has 80 valence electrons. The van der Waals surface area contributed by atoms with E-state index in [4.69, 9.17) is 5.26 Å². The zero-order chi connectivity index (χ0) is 11.5. The topological polar surface area (TPSA) is 56.6 Å². The summed E-state index contributed by atoms with van der Waals surface area (Å²) in [7, 11) is 0. The fourth-order valence-corrected chi connectivity index (χ4v) is 1.77. The van der Waals surface area contributed by atoms with Crippen LogP contribution in [-0.4, -0.2) is 10.8 Å². The summed E-state index contributed by atoms with van der Waals surface area (Å²) >= 11 is 0. The molecule has 0 aliphatic rings. The van der Waals surface area contributed by atoms with Gasteiger partial charge in [-0.2, -0.15) is 5.26 Å². The van der Waals surface area contributed by atoms with Gasteiger partial charge in [-0.05, 0) is 6.07 Å². The average molecular weight is 212 g/mol. The van der Waals surface area contributed by atoms with Crippen molar-refractivity contribution < 1.29 is 4.79 Å². The van der Waals surface area contributed by atoms with Gasteiger partial charge in [0.05, 0.1) is 6.07 Å². The third kappa shape index (κ3) is 1.70. The van der Waals surface area contributed by atoms with Crippen LogP contribution in [0.4, 0.5) is 0 Å². The number of nitriles is 1. The van der Waals surface area contributed by atoms with Gasteiger partial charge in [0.25, 0.3) is 0 Å². The number of carbonyl (C=O) groups is 1. The molecule has 2 rings (SSSR count). The second-order valence-corrected chi connectivity index (χ2v) is 3.88. The van der Waals surface area contributed by atoms with Crippen LogP contribution in [0.5, 0.6) is 0 Å². The summed E-state index contributed by atoms with van der Waals surface area (Å²) < 4.78 is 0. The zero-order valence-electron chi connectivity index (χ0n) is 9.03. The Labute approximate surface area is 93.7 Å². The normalized spacial score (nSPS) is 12.2. The first-order valence-electron chi connectivity index (χ1n) is 5.21. The van der Waals surface area contributed by atoms with Crippen LogP contribution in [-0.2, 0) is 0 Å². The monoisotopic (exact) mass is 212 g/mol. The minimum Gasteiger partial charge on any atom is -0.360 e. The van der Waals surface area contributed by atoms with Crippen LogP contribution in [0.2, 0.25) is 0 Å². The smallest absolute Gasteiger partial charge is 0.168 e. The van der Waals surface area contributed by atoms with Gasteiger partial charge in [0.15, 0.2) is 5.78 Å². The van der Waals surface area contributed by atoms with Crippen molar-refractivity contribution in [3.05, 3.63) is 36.0 Å². The summed E-state index contributed by atoms with van der Waals surface area (Å²) in [6.45, 7) is 1.79. The number of para-hydroxylation sites is 1. The van der Waals surface area contributed by atoms with Crippen LogP contribution in [0.3, 0.4) is 0 Å². The van der Waals surface area contributed by atoms with E-state index in [0.717, 1.165) is 10.9 Å². The predicted octanol–water partition coefficient (Wildman–Crippen LogP) is 2.90. The number of rotatable bonds is 3. The Morgan fingerprint density at radius 1 is 1.50 bits per heavy atom. The Morgan fingerprint density at radius 2 is 2.25 bits per heavy atom. The molecule has 0 radical (unpaired) electrons. The minimum atomic E-state index is -0.246. The van der Waals surface area contributed by atoms with E-state index < -0.39 is 0 Å². The van der Waals surface area contributed by atoms with Gasteiger partial charge < -0.3 is 4.98 Å². The lowest BCUT2D eigenvalue weighted by Crippen LogP contribution is -2.09. The summed E-state index contributed by atoms with van der Waals surface area (Å²) in [6, 6.07) is 9.70. The number of hydrogen-bond acceptors (Lipinski definition) is 2. The molecule has 3 nitrogen and oxygen atoms in total. The molecule has 0 unspecified atom stereocenters. The van der Waals surface area contributed by atoms with Crippen molar-refractivity contribution in [1.29, 1.82) is 5.26 Å². The largest absolute Gasteiger partial charge is 0.360 e. The van der Waals surface area contributed by atoms with E-state index in [1.54, 1.807) is 13.1 Å². The Bertz CT molecular complexity index is 563. The van der Waals surface area contributed by atoms with E-state index in [1.165, 1.54) is 0 Å². The first-order valence-corrected chi connectivity index (χ1v) is 5.21. The lowest BCUT2D eigenvalue weighted by atomic mass is 9.97. The maximum atomic E-state index is 12.0. The molecule has 0 bridgehead atoms. The highest BCUT2D eigenvalue weighted by Crippen LogP contribution is 2.21. The number of ketones is 1. The zero-order valence-corrected chi connectivity index (χ0v) is 9.03. The molecule has 1 heterocycles. The van der Waals surface area contributed by atoms with E-state index >= 15 is 0 Å². The number of H-pyrrole nitrogens is 1. The van der Waals surface area contributed by atoms with E-state index in [1.807, 2.05) is 30.3 Å². The number of hydrogen-bond donors (Lipinski definition) is 1. The summed E-state index contributed by atoms with van der Waals surface area (Å²) in [6.07, 6.45) is 1.99. The van der Waals surface area contributed by atoms with Crippen molar-refractivity contribution in [3.63, 3.8) is 0 Å². The molecule has 0 saturated heterocycles. The van der Waals surface area contributed by atoms with Crippen molar-refractivity contribution in [3.8, 4) is 6.07 Å². The highest BCUT2D eigenvalue weighted by atomic mass is 16.1.